The van der Waals surface area contributed by atoms with E-state index in [0.29, 0.717) is 33.0 Å². The van der Waals surface area contributed by atoms with Crippen molar-refractivity contribution >= 4 is 0 Å². The van der Waals surface area contributed by atoms with E-state index in [4.69, 9.17) is 23.7 Å². The minimum atomic E-state index is 0.454. The Morgan fingerprint density at radius 2 is 1.27 bits per heavy atom. The predicted molar refractivity (Wildman–Crippen MR) is 131 cm³/mol. The summed E-state index contributed by atoms with van der Waals surface area (Å²) in [7, 11) is 1.69. The van der Waals surface area contributed by atoms with E-state index < -0.39 is 0 Å². The largest absolute Gasteiger partial charge is 0.496 e. The molecule has 0 atom stereocenters. The maximum absolute atomic E-state index is 6.33. The number of ether oxygens (including phenoxy) is 5. The molecule has 5 nitrogen and oxygen atoms in total. The number of para-hydroxylation sites is 1. The van der Waals surface area contributed by atoms with Crippen LogP contribution in [-0.4, -0.2) is 33.5 Å². The van der Waals surface area contributed by atoms with Crippen LogP contribution in [0.4, 0.5) is 0 Å². The van der Waals surface area contributed by atoms with E-state index in [1.807, 2.05) is 56.3 Å². The highest BCUT2D eigenvalue weighted by Gasteiger charge is 2.13. The van der Waals surface area contributed by atoms with Gasteiger partial charge in [0.1, 0.15) is 29.6 Å². The Kier molecular flexibility index (Phi) is 9.16. The van der Waals surface area contributed by atoms with Gasteiger partial charge in [-0.25, -0.2) is 0 Å². The summed E-state index contributed by atoms with van der Waals surface area (Å²) in [5, 5.41) is 0. The molecule has 0 bridgehead atoms. The molecule has 5 heteroatoms. The van der Waals surface area contributed by atoms with Crippen molar-refractivity contribution in [2.24, 2.45) is 0 Å². The molecule has 0 heterocycles. The highest BCUT2D eigenvalue weighted by atomic mass is 16.5. The van der Waals surface area contributed by atoms with Gasteiger partial charge in [-0.1, -0.05) is 35.9 Å². The molecule has 33 heavy (non-hydrogen) atoms. The third-order valence-electron chi connectivity index (χ3n) is 5.22. The first-order chi connectivity index (χ1) is 16.0. The molecule has 3 rings (SSSR count). The Balaban J connectivity index is 1.51. The van der Waals surface area contributed by atoms with Gasteiger partial charge in [0.05, 0.1) is 33.5 Å². The molecule has 0 amide bonds. The summed E-state index contributed by atoms with van der Waals surface area (Å²) in [5.74, 6) is 3.37. The Morgan fingerprint density at radius 1 is 0.636 bits per heavy atom. The van der Waals surface area contributed by atoms with Gasteiger partial charge >= 0.3 is 0 Å². The van der Waals surface area contributed by atoms with E-state index >= 15 is 0 Å². The molecule has 0 aliphatic carbocycles. The minimum Gasteiger partial charge on any atom is -0.496 e. The Morgan fingerprint density at radius 3 is 1.97 bits per heavy atom. The van der Waals surface area contributed by atoms with Crippen molar-refractivity contribution in [2.45, 2.75) is 34.3 Å². The quantitative estimate of drug-likeness (QED) is 0.302. The Labute approximate surface area is 197 Å². The summed E-state index contributed by atoms with van der Waals surface area (Å²) in [6.45, 7) is 10.7. The fraction of sp³-hybridized carbons (Fsp3) is 0.357. The number of hydrogen-bond acceptors (Lipinski definition) is 5. The number of methoxy groups -OCH3 is 1. The molecule has 3 aromatic rings. The van der Waals surface area contributed by atoms with Crippen LogP contribution in [0.2, 0.25) is 0 Å². The SMILES string of the molecule is COc1c(C)cc(Oc2c(C)cc(C)cc2COCCOCCOc2ccccc2)cc1C. The average molecular weight is 451 g/mol. The van der Waals surface area contributed by atoms with E-state index in [9.17, 15) is 0 Å². The van der Waals surface area contributed by atoms with Crippen molar-refractivity contribution in [3.63, 3.8) is 0 Å². The third kappa shape index (κ3) is 7.24. The monoisotopic (exact) mass is 450 g/mol. The van der Waals surface area contributed by atoms with E-state index in [1.54, 1.807) is 7.11 Å². The van der Waals surface area contributed by atoms with Crippen LogP contribution in [0.25, 0.3) is 0 Å². The Hall–Kier alpha value is -3.02. The van der Waals surface area contributed by atoms with Crippen LogP contribution >= 0.6 is 0 Å². The topological polar surface area (TPSA) is 46.2 Å². The Bertz CT molecular complexity index is 1010. The fourth-order valence-electron chi connectivity index (χ4n) is 3.84. The molecule has 0 radical (unpaired) electrons. The summed E-state index contributed by atoms with van der Waals surface area (Å²) in [4.78, 5) is 0. The lowest BCUT2D eigenvalue weighted by atomic mass is 10.1. The molecule has 0 aromatic heterocycles. The van der Waals surface area contributed by atoms with Crippen LogP contribution in [0.3, 0.4) is 0 Å². The summed E-state index contributed by atoms with van der Waals surface area (Å²) < 4.78 is 28.9. The second-order valence-electron chi connectivity index (χ2n) is 8.09. The maximum atomic E-state index is 6.33. The first-order valence-corrected chi connectivity index (χ1v) is 11.2. The van der Waals surface area contributed by atoms with E-state index in [-0.39, 0.29) is 0 Å². The van der Waals surface area contributed by atoms with Crippen LogP contribution in [0.1, 0.15) is 27.8 Å². The molecule has 0 saturated heterocycles. The molecule has 0 spiro atoms. The molecule has 3 aromatic carbocycles. The van der Waals surface area contributed by atoms with Crippen LogP contribution < -0.4 is 14.2 Å². The smallest absolute Gasteiger partial charge is 0.135 e. The van der Waals surface area contributed by atoms with Gasteiger partial charge < -0.3 is 23.7 Å². The van der Waals surface area contributed by atoms with Gasteiger partial charge in [0, 0.05) is 5.56 Å². The molecule has 0 aliphatic heterocycles. The lowest BCUT2D eigenvalue weighted by molar-refractivity contribution is 0.0299. The molecule has 176 valence electrons. The highest BCUT2D eigenvalue weighted by molar-refractivity contribution is 5.50. The van der Waals surface area contributed by atoms with Gasteiger partial charge in [-0.3, -0.25) is 0 Å². The summed E-state index contributed by atoms with van der Waals surface area (Å²) >= 11 is 0. The predicted octanol–water partition coefficient (Wildman–Crippen LogP) is 6.33. The number of hydrogen-bond donors (Lipinski definition) is 0. The summed E-state index contributed by atoms with van der Waals surface area (Å²) in [6.07, 6.45) is 0. The number of aryl methyl sites for hydroxylation is 4. The minimum absolute atomic E-state index is 0.454. The van der Waals surface area contributed by atoms with Gasteiger partial charge in [0.25, 0.3) is 0 Å². The van der Waals surface area contributed by atoms with Crippen LogP contribution in [0.15, 0.2) is 54.6 Å². The van der Waals surface area contributed by atoms with Gasteiger partial charge in [0.15, 0.2) is 0 Å². The zero-order valence-corrected chi connectivity index (χ0v) is 20.3. The van der Waals surface area contributed by atoms with Crippen molar-refractivity contribution < 1.29 is 23.7 Å². The van der Waals surface area contributed by atoms with Crippen molar-refractivity contribution in [1.29, 1.82) is 0 Å². The van der Waals surface area contributed by atoms with Crippen molar-refractivity contribution in [3.8, 4) is 23.0 Å². The lowest BCUT2D eigenvalue weighted by Gasteiger charge is -2.17. The standard InChI is InChI=1S/C28H34O5/c1-20-15-21(2)28(33-26-17-22(3)27(29-5)23(4)18-26)24(16-20)19-31-12-11-30-13-14-32-25-9-7-6-8-10-25/h6-10,15-18H,11-14,19H2,1-5H3. The first-order valence-electron chi connectivity index (χ1n) is 11.2. The van der Waals surface area contributed by atoms with Crippen LogP contribution in [0, 0.1) is 27.7 Å². The molecule has 0 saturated carbocycles. The third-order valence-corrected chi connectivity index (χ3v) is 5.22. The second kappa shape index (κ2) is 12.3. The lowest BCUT2D eigenvalue weighted by Crippen LogP contribution is -2.11. The molecular formula is C28H34O5. The molecule has 0 unspecified atom stereocenters. The molecule has 0 aliphatic rings. The fourth-order valence-corrected chi connectivity index (χ4v) is 3.84. The summed E-state index contributed by atoms with van der Waals surface area (Å²) in [5.41, 5.74) is 5.36. The van der Waals surface area contributed by atoms with Crippen molar-refractivity contribution in [3.05, 3.63) is 82.4 Å². The van der Waals surface area contributed by atoms with Gasteiger partial charge in [0.2, 0.25) is 0 Å². The van der Waals surface area contributed by atoms with E-state index in [0.717, 1.165) is 45.3 Å². The highest BCUT2D eigenvalue weighted by Crippen LogP contribution is 2.34. The van der Waals surface area contributed by atoms with Gasteiger partial charge in [-0.2, -0.15) is 0 Å². The molecule has 0 fully saturated rings. The van der Waals surface area contributed by atoms with E-state index in [1.165, 1.54) is 5.56 Å². The zero-order valence-electron chi connectivity index (χ0n) is 20.3. The first kappa shape index (κ1) is 24.6. The van der Waals surface area contributed by atoms with Crippen LogP contribution in [-0.2, 0) is 16.1 Å². The molecule has 0 N–H and O–H groups in total. The maximum Gasteiger partial charge on any atom is 0.135 e. The normalized spacial score (nSPS) is 10.8. The zero-order chi connectivity index (χ0) is 23.6. The van der Waals surface area contributed by atoms with Gasteiger partial charge in [-0.15, -0.1) is 0 Å². The summed E-state index contributed by atoms with van der Waals surface area (Å²) in [6, 6.07) is 18.0. The number of rotatable bonds is 12. The van der Waals surface area contributed by atoms with Gasteiger partial charge in [-0.05, 0) is 68.7 Å². The average Bonchev–Trinajstić information content (AvgIpc) is 2.78. The van der Waals surface area contributed by atoms with Crippen molar-refractivity contribution in [1.82, 2.24) is 0 Å². The van der Waals surface area contributed by atoms with E-state index in [2.05, 4.69) is 26.0 Å². The van der Waals surface area contributed by atoms with Crippen molar-refractivity contribution in [2.75, 3.05) is 33.5 Å². The second-order valence-corrected chi connectivity index (χ2v) is 8.09. The number of benzene rings is 3. The molecular weight excluding hydrogens is 416 g/mol. The van der Waals surface area contributed by atoms with Crippen LogP contribution in [0.5, 0.6) is 23.0 Å².